The third kappa shape index (κ3) is 2.70. The van der Waals surface area contributed by atoms with E-state index < -0.39 is 0 Å². The van der Waals surface area contributed by atoms with Crippen molar-refractivity contribution >= 4 is 5.91 Å². The Bertz CT molecular complexity index is 494. The van der Waals surface area contributed by atoms with Crippen molar-refractivity contribution in [1.29, 1.82) is 0 Å². The first kappa shape index (κ1) is 11.3. The lowest BCUT2D eigenvalue weighted by molar-refractivity contribution is 0.0914. The molecule has 0 aliphatic rings. The van der Waals surface area contributed by atoms with Crippen LogP contribution in [-0.2, 0) is 13.1 Å². The Hall–Kier alpha value is -2.14. The minimum atomic E-state index is -0.283. The molecule has 0 fully saturated rings. The Labute approximate surface area is 98.6 Å². The Balaban J connectivity index is 2.00. The SMILES string of the molecule is NCc1ccccc1CNC(=O)c1ccno1. The van der Waals surface area contributed by atoms with Crippen molar-refractivity contribution in [2.45, 2.75) is 13.1 Å². The highest BCUT2D eigenvalue weighted by Gasteiger charge is 2.09. The summed E-state index contributed by atoms with van der Waals surface area (Å²) in [5.74, 6) is -0.0791. The molecule has 17 heavy (non-hydrogen) atoms. The number of carbonyl (C=O) groups excluding carboxylic acids is 1. The van der Waals surface area contributed by atoms with Crippen LogP contribution < -0.4 is 11.1 Å². The second-order valence-electron chi connectivity index (χ2n) is 3.53. The molecule has 0 aliphatic heterocycles. The highest BCUT2D eigenvalue weighted by molar-refractivity contribution is 5.91. The van der Waals surface area contributed by atoms with E-state index in [0.717, 1.165) is 11.1 Å². The van der Waals surface area contributed by atoms with E-state index in [9.17, 15) is 4.79 Å². The van der Waals surface area contributed by atoms with Crippen LogP contribution in [0.5, 0.6) is 0 Å². The lowest BCUT2D eigenvalue weighted by atomic mass is 10.1. The average molecular weight is 231 g/mol. The summed E-state index contributed by atoms with van der Waals surface area (Å²) < 4.78 is 4.75. The molecule has 5 nitrogen and oxygen atoms in total. The molecule has 0 unspecified atom stereocenters. The number of nitrogens with one attached hydrogen (secondary N) is 1. The van der Waals surface area contributed by atoms with Gasteiger partial charge in [-0.1, -0.05) is 29.4 Å². The second kappa shape index (κ2) is 5.27. The molecule has 3 N–H and O–H groups in total. The van der Waals surface area contributed by atoms with Gasteiger partial charge in [0.15, 0.2) is 0 Å². The molecule has 5 heteroatoms. The number of amides is 1. The number of benzene rings is 1. The highest BCUT2D eigenvalue weighted by Crippen LogP contribution is 2.07. The van der Waals surface area contributed by atoms with E-state index in [4.69, 9.17) is 10.3 Å². The van der Waals surface area contributed by atoms with Gasteiger partial charge in [0, 0.05) is 19.2 Å². The highest BCUT2D eigenvalue weighted by atomic mass is 16.5. The maximum atomic E-state index is 11.6. The van der Waals surface area contributed by atoms with Gasteiger partial charge < -0.3 is 15.6 Å². The largest absolute Gasteiger partial charge is 0.351 e. The molecule has 1 aromatic heterocycles. The number of rotatable bonds is 4. The summed E-state index contributed by atoms with van der Waals surface area (Å²) in [7, 11) is 0. The molecule has 0 aliphatic carbocycles. The van der Waals surface area contributed by atoms with E-state index in [2.05, 4.69) is 10.5 Å². The van der Waals surface area contributed by atoms with Crippen LogP contribution in [0.25, 0.3) is 0 Å². The Morgan fingerprint density at radius 2 is 2.06 bits per heavy atom. The molecule has 0 saturated heterocycles. The quantitative estimate of drug-likeness (QED) is 0.824. The minimum Gasteiger partial charge on any atom is -0.351 e. The van der Waals surface area contributed by atoms with Crippen LogP contribution in [0.2, 0.25) is 0 Å². The van der Waals surface area contributed by atoms with Crippen LogP contribution in [0.3, 0.4) is 0 Å². The normalized spacial score (nSPS) is 10.2. The van der Waals surface area contributed by atoms with Crippen molar-refractivity contribution in [2.24, 2.45) is 5.73 Å². The minimum absolute atomic E-state index is 0.204. The molecule has 2 aromatic rings. The number of hydrogen-bond acceptors (Lipinski definition) is 4. The van der Waals surface area contributed by atoms with Crippen LogP contribution in [0.15, 0.2) is 41.1 Å². The molecular weight excluding hydrogens is 218 g/mol. The standard InChI is InChI=1S/C12H13N3O2/c13-7-9-3-1-2-4-10(9)8-14-12(16)11-5-6-15-17-11/h1-6H,7-8,13H2,(H,14,16). The number of nitrogens with zero attached hydrogens (tertiary/aromatic N) is 1. The predicted molar refractivity (Wildman–Crippen MR) is 62.0 cm³/mol. The first-order valence-corrected chi connectivity index (χ1v) is 5.27. The summed E-state index contributed by atoms with van der Waals surface area (Å²) in [4.78, 5) is 11.6. The van der Waals surface area contributed by atoms with Crippen molar-refractivity contribution in [3.05, 3.63) is 53.4 Å². The van der Waals surface area contributed by atoms with Crippen molar-refractivity contribution in [2.75, 3.05) is 0 Å². The fourth-order valence-electron chi connectivity index (χ4n) is 1.52. The third-order valence-corrected chi connectivity index (χ3v) is 2.44. The number of nitrogens with two attached hydrogens (primary N) is 1. The summed E-state index contributed by atoms with van der Waals surface area (Å²) in [5, 5.41) is 6.22. The van der Waals surface area contributed by atoms with E-state index in [-0.39, 0.29) is 11.7 Å². The number of carbonyl (C=O) groups is 1. The molecule has 0 spiro atoms. The van der Waals surface area contributed by atoms with Crippen LogP contribution in [0, 0.1) is 0 Å². The van der Waals surface area contributed by atoms with Crippen molar-refractivity contribution < 1.29 is 9.32 Å². The first-order chi connectivity index (χ1) is 8.31. The van der Waals surface area contributed by atoms with Crippen LogP contribution in [0.1, 0.15) is 21.7 Å². The third-order valence-electron chi connectivity index (χ3n) is 2.44. The molecule has 0 atom stereocenters. The average Bonchev–Trinajstić information content (AvgIpc) is 2.90. The smallest absolute Gasteiger partial charge is 0.290 e. The molecule has 1 aromatic carbocycles. The molecule has 2 rings (SSSR count). The van der Waals surface area contributed by atoms with Gasteiger partial charge in [0.05, 0.1) is 6.20 Å². The lowest BCUT2D eigenvalue weighted by Gasteiger charge is -2.07. The summed E-state index contributed by atoms with van der Waals surface area (Å²) in [6, 6.07) is 9.22. The molecule has 1 heterocycles. The zero-order valence-corrected chi connectivity index (χ0v) is 9.22. The Morgan fingerprint density at radius 3 is 2.71 bits per heavy atom. The number of hydrogen-bond donors (Lipinski definition) is 2. The molecule has 0 radical (unpaired) electrons. The van der Waals surface area contributed by atoms with Gasteiger partial charge in [-0.3, -0.25) is 4.79 Å². The summed E-state index contributed by atoms with van der Waals surface area (Å²) in [6.45, 7) is 0.876. The summed E-state index contributed by atoms with van der Waals surface area (Å²) in [5.41, 5.74) is 7.63. The Morgan fingerprint density at radius 1 is 1.29 bits per heavy atom. The fourth-order valence-corrected chi connectivity index (χ4v) is 1.52. The van der Waals surface area contributed by atoms with Gasteiger partial charge in [-0.15, -0.1) is 0 Å². The first-order valence-electron chi connectivity index (χ1n) is 5.27. The van der Waals surface area contributed by atoms with Gasteiger partial charge in [0.25, 0.3) is 5.91 Å². The van der Waals surface area contributed by atoms with Gasteiger partial charge in [0.2, 0.25) is 5.76 Å². The van der Waals surface area contributed by atoms with Crippen LogP contribution in [-0.4, -0.2) is 11.1 Å². The maximum absolute atomic E-state index is 11.6. The van der Waals surface area contributed by atoms with Gasteiger partial charge in [-0.05, 0) is 11.1 Å². The lowest BCUT2D eigenvalue weighted by Crippen LogP contribution is -2.23. The van der Waals surface area contributed by atoms with Crippen molar-refractivity contribution in [1.82, 2.24) is 10.5 Å². The zero-order chi connectivity index (χ0) is 12.1. The topological polar surface area (TPSA) is 81.1 Å². The zero-order valence-electron chi connectivity index (χ0n) is 9.22. The van der Waals surface area contributed by atoms with Gasteiger partial charge in [-0.25, -0.2) is 0 Å². The maximum Gasteiger partial charge on any atom is 0.290 e. The summed E-state index contributed by atoms with van der Waals surface area (Å²) in [6.07, 6.45) is 1.43. The predicted octanol–water partition coefficient (Wildman–Crippen LogP) is 1.06. The molecular formula is C12H13N3O2. The van der Waals surface area contributed by atoms with Crippen molar-refractivity contribution in [3.63, 3.8) is 0 Å². The van der Waals surface area contributed by atoms with E-state index in [1.165, 1.54) is 12.3 Å². The second-order valence-corrected chi connectivity index (χ2v) is 3.53. The van der Waals surface area contributed by atoms with Crippen LogP contribution >= 0.6 is 0 Å². The van der Waals surface area contributed by atoms with Crippen molar-refractivity contribution in [3.8, 4) is 0 Å². The van der Waals surface area contributed by atoms with Gasteiger partial charge in [0.1, 0.15) is 0 Å². The molecule has 0 saturated carbocycles. The molecule has 88 valence electrons. The van der Waals surface area contributed by atoms with Crippen LogP contribution in [0.4, 0.5) is 0 Å². The van der Waals surface area contributed by atoms with Gasteiger partial charge >= 0.3 is 0 Å². The summed E-state index contributed by atoms with van der Waals surface area (Å²) >= 11 is 0. The van der Waals surface area contributed by atoms with E-state index in [1.54, 1.807) is 0 Å². The monoisotopic (exact) mass is 231 g/mol. The molecule has 1 amide bonds. The number of aromatic nitrogens is 1. The van der Waals surface area contributed by atoms with E-state index in [0.29, 0.717) is 13.1 Å². The fraction of sp³-hybridized carbons (Fsp3) is 0.167. The molecule has 0 bridgehead atoms. The van der Waals surface area contributed by atoms with E-state index >= 15 is 0 Å². The van der Waals surface area contributed by atoms with E-state index in [1.807, 2.05) is 24.3 Å². The van der Waals surface area contributed by atoms with Gasteiger partial charge in [-0.2, -0.15) is 0 Å². The Kier molecular flexibility index (Phi) is 3.52.